The fourth-order valence-corrected chi connectivity index (χ4v) is 4.92. The molecule has 0 bridgehead atoms. The van der Waals surface area contributed by atoms with Crippen molar-refractivity contribution < 1.29 is 22.7 Å². The summed E-state index contributed by atoms with van der Waals surface area (Å²) in [5.74, 6) is -0.0342. The van der Waals surface area contributed by atoms with Gasteiger partial charge in [-0.1, -0.05) is 58.0 Å². The lowest BCUT2D eigenvalue weighted by atomic mass is 10.0. The summed E-state index contributed by atoms with van der Waals surface area (Å²) in [4.78, 5) is 28.3. The van der Waals surface area contributed by atoms with E-state index >= 15 is 0 Å². The molecule has 0 aromatic heterocycles. The number of methoxy groups -OCH3 is 1. The molecule has 2 aromatic carbocycles. The molecular formula is C27H39N3O5S. The van der Waals surface area contributed by atoms with Crippen LogP contribution in [0, 0.1) is 0 Å². The molecule has 198 valence electrons. The van der Waals surface area contributed by atoms with E-state index in [4.69, 9.17) is 4.74 Å². The normalized spacial score (nSPS) is 12.2. The highest BCUT2D eigenvalue weighted by Gasteiger charge is 2.32. The van der Waals surface area contributed by atoms with Crippen LogP contribution in [-0.4, -0.2) is 57.6 Å². The van der Waals surface area contributed by atoms with Crippen LogP contribution in [0.1, 0.15) is 57.6 Å². The molecule has 0 heterocycles. The first-order valence-electron chi connectivity index (χ1n) is 12.3. The van der Waals surface area contributed by atoms with Crippen LogP contribution in [0.5, 0.6) is 5.75 Å². The molecule has 0 radical (unpaired) electrons. The van der Waals surface area contributed by atoms with Gasteiger partial charge >= 0.3 is 0 Å². The first-order chi connectivity index (χ1) is 17.0. The average Bonchev–Trinajstić information content (AvgIpc) is 2.85. The van der Waals surface area contributed by atoms with Gasteiger partial charge in [0, 0.05) is 13.1 Å². The fourth-order valence-electron chi connectivity index (χ4n) is 4.05. The number of anilines is 1. The maximum Gasteiger partial charge on any atom is 0.244 e. The Morgan fingerprint density at radius 1 is 1.06 bits per heavy atom. The fraction of sp³-hybridized carbons (Fsp3) is 0.481. The van der Waals surface area contributed by atoms with Crippen molar-refractivity contribution in [2.75, 3.05) is 30.8 Å². The molecule has 0 saturated carbocycles. The van der Waals surface area contributed by atoms with Gasteiger partial charge in [-0.25, -0.2) is 8.42 Å². The van der Waals surface area contributed by atoms with Crippen LogP contribution in [0.4, 0.5) is 5.69 Å². The quantitative estimate of drug-likeness (QED) is 0.435. The van der Waals surface area contributed by atoms with Crippen LogP contribution in [-0.2, 0) is 26.2 Å². The first-order valence-corrected chi connectivity index (χ1v) is 14.1. The molecular weight excluding hydrogens is 478 g/mol. The van der Waals surface area contributed by atoms with Gasteiger partial charge in [0.25, 0.3) is 0 Å². The molecule has 0 saturated heterocycles. The van der Waals surface area contributed by atoms with E-state index in [9.17, 15) is 18.0 Å². The minimum atomic E-state index is -3.79. The van der Waals surface area contributed by atoms with Gasteiger partial charge in [-0.2, -0.15) is 0 Å². The minimum Gasteiger partial charge on any atom is -0.497 e. The Bertz CT molecular complexity index is 1130. The number of hydrogen-bond donors (Lipinski definition) is 1. The minimum absolute atomic E-state index is 0.0525. The van der Waals surface area contributed by atoms with E-state index in [0.29, 0.717) is 24.4 Å². The predicted molar refractivity (Wildman–Crippen MR) is 144 cm³/mol. The zero-order chi connectivity index (χ0) is 26.9. The van der Waals surface area contributed by atoms with Crippen molar-refractivity contribution in [1.29, 1.82) is 0 Å². The predicted octanol–water partition coefficient (Wildman–Crippen LogP) is 3.92. The number of carbonyl (C=O) groups is 2. The van der Waals surface area contributed by atoms with E-state index in [1.165, 1.54) is 4.90 Å². The molecule has 0 fully saturated rings. The Labute approximate surface area is 215 Å². The second-order valence-electron chi connectivity index (χ2n) is 9.07. The lowest BCUT2D eigenvalue weighted by Crippen LogP contribution is -2.52. The molecule has 0 aliphatic heterocycles. The number of nitrogens with zero attached hydrogens (tertiary/aromatic N) is 2. The summed E-state index contributed by atoms with van der Waals surface area (Å²) in [6, 6.07) is 13.7. The lowest BCUT2D eigenvalue weighted by Gasteiger charge is -2.33. The van der Waals surface area contributed by atoms with Gasteiger partial charge in [0.2, 0.25) is 21.8 Å². The van der Waals surface area contributed by atoms with E-state index in [0.717, 1.165) is 28.1 Å². The number of nitrogens with one attached hydrogen (secondary N) is 1. The maximum atomic E-state index is 13.8. The zero-order valence-corrected chi connectivity index (χ0v) is 23.0. The molecule has 1 N–H and O–H groups in total. The number of amides is 2. The maximum absolute atomic E-state index is 13.8. The summed E-state index contributed by atoms with van der Waals surface area (Å²) in [5, 5.41) is 2.88. The highest BCUT2D eigenvalue weighted by atomic mass is 32.2. The van der Waals surface area contributed by atoms with Gasteiger partial charge in [0.05, 0.1) is 19.1 Å². The Morgan fingerprint density at radius 3 is 2.33 bits per heavy atom. The van der Waals surface area contributed by atoms with Gasteiger partial charge in [-0.15, -0.1) is 0 Å². The molecule has 0 aliphatic carbocycles. The number of benzene rings is 2. The first kappa shape index (κ1) is 29.2. The third-order valence-electron chi connectivity index (χ3n) is 5.93. The number of hydrogen-bond acceptors (Lipinski definition) is 5. The van der Waals surface area contributed by atoms with Crippen molar-refractivity contribution >= 4 is 27.5 Å². The van der Waals surface area contributed by atoms with E-state index < -0.39 is 28.5 Å². The van der Waals surface area contributed by atoms with Crippen LogP contribution in [0.3, 0.4) is 0 Å². The van der Waals surface area contributed by atoms with Gasteiger partial charge in [0.1, 0.15) is 18.3 Å². The third kappa shape index (κ3) is 7.71. The van der Waals surface area contributed by atoms with Crippen LogP contribution >= 0.6 is 0 Å². The lowest BCUT2D eigenvalue weighted by molar-refractivity contribution is -0.140. The van der Waals surface area contributed by atoms with Gasteiger partial charge in [0.15, 0.2) is 0 Å². The molecule has 8 nitrogen and oxygen atoms in total. The van der Waals surface area contributed by atoms with E-state index in [1.807, 2.05) is 52.0 Å². The van der Waals surface area contributed by atoms with Crippen molar-refractivity contribution in [1.82, 2.24) is 10.2 Å². The molecule has 2 rings (SSSR count). The van der Waals surface area contributed by atoms with Gasteiger partial charge < -0.3 is 15.0 Å². The molecule has 0 spiro atoms. The number of carbonyl (C=O) groups excluding carboxylic acids is 2. The topological polar surface area (TPSA) is 96.0 Å². The van der Waals surface area contributed by atoms with Crippen molar-refractivity contribution in [2.24, 2.45) is 0 Å². The Hall–Kier alpha value is -3.07. The standard InChI is InChI=1S/C27H39N3O5S/c1-7-16-28-27(32)24(8-2)29(18-21-12-11-13-22(17-21)35-5)26(31)19-30(36(6,33)34)25-15-10-9-14-23(25)20(3)4/h9-15,17,20,24H,7-8,16,18-19H2,1-6H3,(H,28,32). The van der Waals surface area contributed by atoms with Crippen molar-refractivity contribution in [2.45, 2.75) is 59.0 Å². The van der Waals surface area contributed by atoms with Crippen LogP contribution in [0.2, 0.25) is 0 Å². The van der Waals surface area contributed by atoms with Crippen LogP contribution in [0.25, 0.3) is 0 Å². The Balaban J connectivity index is 2.50. The second-order valence-corrected chi connectivity index (χ2v) is 11.0. The zero-order valence-electron chi connectivity index (χ0n) is 22.2. The number of para-hydroxylation sites is 1. The van der Waals surface area contributed by atoms with Gasteiger partial charge in [-0.05, 0) is 48.1 Å². The smallest absolute Gasteiger partial charge is 0.244 e. The monoisotopic (exact) mass is 517 g/mol. The number of rotatable bonds is 13. The summed E-state index contributed by atoms with van der Waals surface area (Å²) < 4.78 is 32.2. The summed E-state index contributed by atoms with van der Waals surface area (Å²) in [6.45, 7) is 7.96. The largest absolute Gasteiger partial charge is 0.497 e. The third-order valence-corrected chi connectivity index (χ3v) is 7.06. The van der Waals surface area contributed by atoms with Crippen molar-refractivity contribution in [3.63, 3.8) is 0 Å². The van der Waals surface area contributed by atoms with Crippen molar-refractivity contribution in [3.8, 4) is 5.75 Å². The molecule has 2 amide bonds. The van der Waals surface area contributed by atoms with Crippen molar-refractivity contribution in [3.05, 3.63) is 59.7 Å². The molecule has 1 atom stereocenters. The summed E-state index contributed by atoms with van der Waals surface area (Å²) in [5.41, 5.74) is 2.06. The molecule has 0 aliphatic rings. The molecule has 9 heteroatoms. The number of ether oxygens (including phenoxy) is 1. The molecule has 1 unspecified atom stereocenters. The van der Waals surface area contributed by atoms with E-state index in [1.54, 1.807) is 31.4 Å². The van der Waals surface area contributed by atoms with Gasteiger partial charge in [-0.3, -0.25) is 13.9 Å². The Morgan fingerprint density at radius 2 is 1.75 bits per heavy atom. The summed E-state index contributed by atoms with van der Waals surface area (Å²) in [7, 11) is -2.23. The Kier molecular flexibility index (Phi) is 10.8. The van der Waals surface area contributed by atoms with Crippen LogP contribution in [0.15, 0.2) is 48.5 Å². The summed E-state index contributed by atoms with van der Waals surface area (Å²) >= 11 is 0. The molecule has 2 aromatic rings. The summed E-state index contributed by atoms with van der Waals surface area (Å²) in [6.07, 6.45) is 2.24. The highest BCUT2D eigenvalue weighted by Crippen LogP contribution is 2.29. The van der Waals surface area contributed by atoms with E-state index in [-0.39, 0.29) is 18.4 Å². The highest BCUT2D eigenvalue weighted by molar-refractivity contribution is 7.92. The molecule has 36 heavy (non-hydrogen) atoms. The van der Waals surface area contributed by atoms with Crippen LogP contribution < -0.4 is 14.4 Å². The second kappa shape index (κ2) is 13.3. The number of sulfonamides is 1. The SMILES string of the molecule is CCCNC(=O)C(CC)N(Cc1cccc(OC)c1)C(=O)CN(c1ccccc1C(C)C)S(C)(=O)=O. The average molecular weight is 518 g/mol. The van der Waals surface area contributed by atoms with E-state index in [2.05, 4.69) is 5.32 Å².